The first-order chi connectivity index (χ1) is 7.01. The van der Waals surface area contributed by atoms with E-state index in [1.165, 1.54) is 4.31 Å². The second-order valence-electron chi connectivity index (χ2n) is 4.57. The van der Waals surface area contributed by atoms with Gasteiger partial charge in [0.25, 0.3) is 10.2 Å². The van der Waals surface area contributed by atoms with Crippen molar-refractivity contribution in [1.29, 1.82) is 0 Å². The molecule has 6 heteroatoms. The molecule has 0 spiro atoms. The van der Waals surface area contributed by atoms with Crippen molar-refractivity contribution in [1.82, 2.24) is 13.9 Å². The van der Waals surface area contributed by atoms with E-state index in [1.54, 1.807) is 18.4 Å². The van der Waals surface area contributed by atoms with E-state index in [0.29, 0.717) is 25.0 Å². The van der Waals surface area contributed by atoms with Gasteiger partial charge in [0, 0.05) is 33.2 Å². The van der Waals surface area contributed by atoms with E-state index in [1.807, 2.05) is 0 Å². The molecule has 2 rings (SSSR count). The van der Waals surface area contributed by atoms with Crippen LogP contribution in [-0.4, -0.2) is 56.8 Å². The molecular formula is C9H19N3O2S. The standard InChI is InChI=1S/C9H19N3O2S/c1-11(2)15(13,14)12-6-8-4-3-5-10-9(8)7-12/h8-10H,3-7H2,1-2H3. The molecule has 2 saturated heterocycles. The van der Waals surface area contributed by atoms with Gasteiger partial charge in [-0.25, -0.2) is 0 Å². The molecule has 0 aliphatic carbocycles. The van der Waals surface area contributed by atoms with Crippen molar-refractivity contribution in [3.63, 3.8) is 0 Å². The van der Waals surface area contributed by atoms with Crippen LogP contribution in [0.1, 0.15) is 12.8 Å². The van der Waals surface area contributed by atoms with Crippen molar-refractivity contribution in [2.45, 2.75) is 18.9 Å². The summed E-state index contributed by atoms with van der Waals surface area (Å²) in [6.07, 6.45) is 2.31. The molecule has 2 atom stereocenters. The summed E-state index contributed by atoms with van der Waals surface area (Å²) in [4.78, 5) is 0. The molecule has 0 bridgehead atoms. The van der Waals surface area contributed by atoms with Crippen molar-refractivity contribution in [3.8, 4) is 0 Å². The van der Waals surface area contributed by atoms with Crippen molar-refractivity contribution in [2.75, 3.05) is 33.7 Å². The Morgan fingerprint density at radius 2 is 2.07 bits per heavy atom. The maximum absolute atomic E-state index is 11.9. The van der Waals surface area contributed by atoms with Crippen LogP contribution in [-0.2, 0) is 10.2 Å². The zero-order valence-electron chi connectivity index (χ0n) is 9.31. The molecule has 2 aliphatic heterocycles. The van der Waals surface area contributed by atoms with Gasteiger partial charge in [-0.2, -0.15) is 17.0 Å². The largest absolute Gasteiger partial charge is 0.312 e. The van der Waals surface area contributed by atoms with Crippen LogP contribution in [0.25, 0.3) is 0 Å². The van der Waals surface area contributed by atoms with Crippen LogP contribution in [0, 0.1) is 5.92 Å². The van der Waals surface area contributed by atoms with Crippen LogP contribution < -0.4 is 5.32 Å². The van der Waals surface area contributed by atoms with E-state index in [2.05, 4.69) is 5.32 Å². The second kappa shape index (κ2) is 4.01. The number of rotatable bonds is 2. The van der Waals surface area contributed by atoms with Gasteiger partial charge in [-0.05, 0) is 25.3 Å². The Balaban J connectivity index is 2.09. The molecule has 1 N–H and O–H groups in total. The van der Waals surface area contributed by atoms with Crippen molar-refractivity contribution < 1.29 is 8.42 Å². The van der Waals surface area contributed by atoms with Gasteiger partial charge in [-0.3, -0.25) is 0 Å². The molecule has 2 heterocycles. The van der Waals surface area contributed by atoms with Gasteiger partial charge >= 0.3 is 0 Å². The Morgan fingerprint density at radius 1 is 1.33 bits per heavy atom. The van der Waals surface area contributed by atoms with E-state index in [4.69, 9.17) is 0 Å². The van der Waals surface area contributed by atoms with Gasteiger partial charge < -0.3 is 5.32 Å². The highest BCUT2D eigenvalue weighted by Gasteiger charge is 2.40. The maximum Gasteiger partial charge on any atom is 0.281 e. The van der Waals surface area contributed by atoms with Gasteiger partial charge in [-0.15, -0.1) is 0 Å². The van der Waals surface area contributed by atoms with Gasteiger partial charge in [0.2, 0.25) is 0 Å². The molecule has 0 aromatic heterocycles. The lowest BCUT2D eigenvalue weighted by atomic mass is 9.94. The Morgan fingerprint density at radius 3 is 2.67 bits per heavy atom. The van der Waals surface area contributed by atoms with Gasteiger partial charge in [0.15, 0.2) is 0 Å². The Labute approximate surface area is 91.6 Å². The average Bonchev–Trinajstić information content (AvgIpc) is 2.61. The molecule has 2 unspecified atom stereocenters. The lowest BCUT2D eigenvalue weighted by Gasteiger charge is -2.24. The minimum absolute atomic E-state index is 0.369. The van der Waals surface area contributed by atoms with Crippen LogP contribution in [0.4, 0.5) is 0 Å². The van der Waals surface area contributed by atoms with Crippen molar-refractivity contribution in [3.05, 3.63) is 0 Å². The fraction of sp³-hybridized carbons (Fsp3) is 1.00. The van der Waals surface area contributed by atoms with Crippen LogP contribution in [0.2, 0.25) is 0 Å². The smallest absolute Gasteiger partial charge is 0.281 e. The summed E-state index contributed by atoms with van der Waals surface area (Å²) in [6.45, 7) is 2.33. The molecule has 0 radical (unpaired) electrons. The average molecular weight is 233 g/mol. The number of nitrogens with one attached hydrogen (secondary N) is 1. The summed E-state index contributed by atoms with van der Waals surface area (Å²) in [7, 11) is -0.0321. The van der Waals surface area contributed by atoms with Gasteiger partial charge in [0.05, 0.1) is 0 Å². The summed E-state index contributed by atoms with van der Waals surface area (Å²) in [6, 6.07) is 0.369. The molecule has 0 aromatic carbocycles. The molecule has 5 nitrogen and oxygen atoms in total. The highest BCUT2D eigenvalue weighted by molar-refractivity contribution is 7.86. The number of fused-ring (bicyclic) bond motifs is 1. The first-order valence-electron chi connectivity index (χ1n) is 5.43. The number of nitrogens with zero attached hydrogens (tertiary/aromatic N) is 2. The monoisotopic (exact) mass is 233 g/mol. The SMILES string of the molecule is CN(C)S(=O)(=O)N1CC2CCCNC2C1. The van der Waals surface area contributed by atoms with E-state index in [-0.39, 0.29) is 0 Å². The third-order valence-electron chi connectivity index (χ3n) is 3.35. The molecule has 0 aromatic rings. The van der Waals surface area contributed by atoms with E-state index >= 15 is 0 Å². The van der Waals surface area contributed by atoms with Gasteiger partial charge in [0.1, 0.15) is 0 Å². The highest BCUT2D eigenvalue weighted by Crippen LogP contribution is 2.27. The topological polar surface area (TPSA) is 52.7 Å². The Kier molecular flexibility index (Phi) is 3.03. The Hall–Kier alpha value is -0.170. The quantitative estimate of drug-likeness (QED) is 0.698. The lowest BCUT2D eigenvalue weighted by Crippen LogP contribution is -2.42. The third kappa shape index (κ3) is 2.04. The van der Waals surface area contributed by atoms with Gasteiger partial charge in [-0.1, -0.05) is 0 Å². The molecular weight excluding hydrogens is 214 g/mol. The number of piperidine rings is 1. The van der Waals surface area contributed by atoms with Crippen LogP contribution in [0.15, 0.2) is 0 Å². The molecule has 0 amide bonds. The summed E-state index contributed by atoms with van der Waals surface area (Å²) < 4.78 is 26.7. The van der Waals surface area contributed by atoms with E-state index in [0.717, 1.165) is 19.4 Å². The Bertz CT molecular complexity index is 314. The normalized spacial score (nSPS) is 33.3. The molecule has 0 saturated carbocycles. The van der Waals surface area contributed by atoms with Crippen molar-refractivity contribution >= 4 is 10.2 Å². The maximum atomic E-state index is 11.9. The highest BCUT2D eigenvalue weighted by atomic mass is 32.2. The fourth-order valence-electron chi connectivity index (χ4n) is 2.43. The van der Waals surface area contributed by atoms with Crippen LogP contribution in [0.5, 0.6) is 0 Å². The zero-order valence-corrected chi connectivity index (χ0v) is 10.1. The molecule has 2 fully saturated rings. The third-order valence-corrected chi connectivity index (χ3v) is 5.23. The lowest BCUT2D eigenvalue weighted by molar-refractivity contribution is 0.339. The minimum atomic E-state index is -3.21. The predicted octanol–water partition coefficient (Wildman–Crippen LogP) is -0.523. The number of hydrogen-bond acceptors (Lipinski definition) is 3. The van der Waals surface area contributed by atoms with E-state index in [9.17, 15) is 8.42 Å². The second-order valence-corrected chi connectivity index (χ2v) is 6.71. The summed E-state index contributed by atoms with van der Waals surface area (Å²) in [5, 5.41) is 3.40. The minimum Gasteiger partial charge on any atom is -0.312 e. The predicted molar refractivity (Wildman–Crippen MR) is 58.7 cm³/mol. The summed E-state index contributed by atoms with van der Waals surface area (Å²) in [5.41, 5.74) is 0. The summed E-state index contributed by atoms with van der Waals surface area (Å²) in [5.74, 6) is 0.508. The molecule has 15 heavy (non-hydrogen) atoms. The number of hydrogen-bond donors (Lipinski definition) is 1. The van der Waals surface area contributed by atoms with Crippen molar-refractivity contribution in [2.24, 2.45) is 5.92 Å². The van der Waals surface area contributed by atoms with Crippen LogP contribution in [0.3, 0.4) is 0 Å². The first kappa shape index (κ1) is 11.3. The molecule has 88 valence electrons. The summed E-state index contributed by atoms with van der Waals surface area (Å²) >= 11 is 0. The zero-order chi connectivity index (χ0) is 11.1. The van der Waals surface area contributed by atoms with E-state index < -0.39 is 10.2 Å². The fourth-order valence-corrected chi connectivity index (χ4v) is 3.62. The molecule has 2 aliphatic rings. The van der Waals surface area contributed by atoms with Crippen LogP contribution >= 0.6 is 0 Å². The first-order valence-corrected chi connectivity index (χ1v) is 6.82.